The van der Waals surface area contributed by atoms with Gasteiger partial charge in [-0.15, -0.1) is 0 Å². The average Bonchev–Trinajstić information content (AvgIpc) is 2.18. The molecule has 0 bridgehead atoms. The average molecular weight is 307 g/mol. The first kappa shape index (κ1) is 11.5. The molecular weight excluding hydrogens is 293 g/mol. The summed E-state index contributed by atoms with van der Waals surface area (Å²) in [4.78, 5) is 20.0. The first-order valence-corrected chi connectivity index (χ1v) is 5.69. The summed E-state index contributed by atoms with van der Waals surface area (Å²) >= 11 is 2.02. The summed E-state index contributed by atoms with van der Waals surface area (Å²) in [7, 11) is 1.96. The van der Waals surface area contributed by atoms with Gasteiger partial charge in [0, 0.05) is 13.6 Å². The molecular formula is C9H14IN3O. The molecule has 0 fully saturated rings. The summed E-state index contributed by atoms with van der Waals surface area (Å²) in [5.41, 5.74) is -0.0704. The van der Waals surface area contributed by atoms with Crippen LogP contribution in [0.1, 0.15) is 19.8 Å². The molecule has 0 spiro atoms. The fourth-order valence-corrected chi connectivity index (χ4v) is 1.85. The van der Waals surface area contributed by atoms with E-state index in [-0.39, 0.29) is 5.56 Å². The van der Waals surface area contributed by atoms with E-state index in [0.29, 0.717) is 3.57 Å². The van der Waals surface area contributed by atoms with Crippen LogP contribution < -0.4 is 10.5 Å². The van der Waals surface area contributed by atoms with E-state index >= 15 is 0 Å². The number of aromatic amines is 1. The van der Waals surface area contributed by atoms with Gasteiger partial charge in [-0.2, -0.15) is 0 Å². The van der Waals surface area contributed by atoms with Crippen molar-refractivity contribution in [1.82, 2.24) is 9.97 Å². The number of nitrogens with zero attached hydrogens (tertiary/aromatic N) is 2. The predicted octanol–water partition coefficient (Wildman–Crippen LogP) is 1.61. The highest BCUT2D eigenvalue weighted by atomic mass is 127. The molecule has 0 amide bonds. The van der Waals surface area contributed by atoms with Crippen molar-refractivity contribution >= 4 is 28.4 Å². The number of aromatic nitrogens is 2. The molecule has 0 atom stereocenters. The van der Waals surface area contributed by atoms with Crippen molar-refractivity contribution < 1.29 is 0 Å². The van der Waals surface area contributed by atoms with Crippen molar-refractivity contribution in [1.29, 1.82) is 0 Å². The van der Waals surface area contributed by atoms with Gasteiger partial charge >= 0.3 is 0 Å². The summed E-state index contributed by atoms with van der Waals surface area (Å²) in [5.74, 6) is 0.766. The largest absolute Gasteiger partial charge is 0.359 e. The summed E-state index contributed by atoms with van der Waals surface area (Å²) < 4.78 is 0.656. The van der Waals surface area contributed by atoms with E-state index < -0.39 is 0 Å². The Morgan fingerprint density at radius 2 is 2.36 bits per heavy atom. The first-order valence-electron chi connectivity index (χ1n) is 4.61. The van der Waals surface area contributed by atoms with Crippen LogP contribution in [0.2, 0.25) is 0 Å². The minimum Gasteiger partial charge on any atom is -0.359 e. The SMILES string of the molecule is CCCCN(C)c1nc[nH]c(=O)c1I. The Balaban J connectivity index is 2.84. The number of unbranched alkanes of at least 4 members (excludes halogenated alkanes) is 1. The molecule has 0 aliphatic rings. The van der Waals surface area contributed by atoms with E-state index in [1.165, 1.54) is 6.33 Å². The van der Waals surface area contributed by atoms with Gasteiger partial charge in [0.05, 0.1) is 6.33 Å². The Labute approximate surface area is 96.9 Å². The minimum atomic E-state index is -0.0704. The monoisotopic (exact) mass is 307 g/mol. The van der Waals surface area contributed by atoms with Crippen molar-refractivity contribution in [3.63, 3.8) is 0 Å². The Kier molecular flexibility index (Phi) is 4.37. The fraction of sp³-hybridized carbons (Fsp3) is 0.556. The second kappa shape index (κ2) is 5.33. The molecule has 1 heterocycles. The Bertz CT molecular complexity index is 350. The number of anilines is 1. The summed E-state index contributed by atoms with van der Waals surface area (Å²) in [6.45, 7) is 3.08. The zero-order chi connectivity index (χ0) is 10.6. The molecule has 1 rings (SSSR count). The highest BCUT2D eigenvalue weighted by molar-refractivity contribution is 14.1. The predicted molar refractivity (Wildman–Crippen MR) is 65.8 cm³/mol. The number of hydrogen-bond acceptors (Lipinski definition) is 3. The van der Waals surface area contributed by atoms with Gasteiger partial charge < -0.3 is 9.88 Å². The summed E-state index contributed by atoms with van der Waals surface area (Å²) in [6, 6.07) is 0. The van der Waals surface area contributed by atoms with Crippen LogP contribution in [0.25, 0.3) is 0 Å². The molecule has 1 aromatic heterocycles. The maximum Gasteiger partial charge on any atom is 0.266 e. The van der Waals surface area contributed by atoms with Gasteiger partial charge in [-0.1, -0.05) is 13.3 Å². The van der Waals surface area contributed by atoms with Gasteiger partial charge in [0.15, 0.2) is 0 Å². The van der Waals surface area contributed by atoms with E-state index in [9.17, 15) is 4.79 Å². The quantitative estimate of drug-likeness (QED) is 0.860. The Morgan fingerprint density at radius 3 is 3.00 bits per heavy atom. The van der Waals surface area contributed by atoms with Crippen LogP contribution in [-0.4, -0.2) is 23.6 Å². The van der Waals surface area contributed by atoms with Crippen molar-refractivity contribution in [2.24, 2.45) is 0 Å². The van der Waals surface area contributed by atoms with E-state index in [2.05, 4.69) is 16.9 Å². The zero-order valence-electron chi connectivity index (χ0n) is 8.38. The van der Waals surface area contributed by atoms with Gasteiger partial charge in [0.25, 0.3) is 5.56 Å². The van der Waals surface area contributed by atoms with E-state index in [1.807, 2.05) is 34.5 Å². The Hall–Kier alpha value is -0.590. The van der Waals surface area contributed by atoms with Crippen LogP contribution in [0.4, 0.5) is 5.82 Å². The minimum absolute atomic E-state index is 0.0704. The van der Waals surface area contributed by atoms with Crippen molar-refractivity contribution in [3.8, 4) is 0 Å². The molecule has 0 saturated heterocycles. The molecule has 0 aliphatic carbocycles. The second-order valence-electron chi connectivity index (χ2n) is 3.14. The Morgan fingerprint density at radius 1 is 1.64 bits per heavy atom. The van der Waals surface area contributed by atoms with Gasteiger partial charge in [-0.25, -0.2) is 4.98 Å². The number of hydrogen-bond donors (Lipinski definition) is 1. The lowest BCUT2D eigenvalue weighted by molar-refractivity contribution is 0.755. The number of halogens is 1. The second-order valence-corrected chi connectivity index (χ2v) is 4.22. The molecule has 4 nitrogen and oxygen atoms in total. The first-order chi connectivity index (χ1) is 6.66. The third kappa shape index (κ3) is 2.70. The van der Waals surface area contributed by atoms with E-state index in [0.717, 1.165) is 25.2 Å². The molecule has 0 aromatic carbocycles. The van der Waals surface area contributed by atoms with E-state index in [1.54, 1.807) is 0 Å². The van der Waals surface area contributed by atoms with Crippen molar-refractivity contribution in [2.45, 2.75) is 19.8 Å². The summed E-state index contributed by atoms with van der Waals surface area (Å²) in [6.07, 6.45) is 3.70. The molecule has 1 N–H and O–H groups in total. The van der Waals surface area contributed by atoms with Gasteiger partial charge in [0.2, 0.25) is 0 Å². The van der Waals surface area contributed by atoms with E-state index in [4.69, 9.17) is 0 Å². The molecule has 0 saturated carbocycles. The van der Waals surface area contributed by atoms with Gasteiger partial charge in [-0.05, 0) is 29.0 Å². The third-order valence-corrected chi connectivity index (χ3v) is 2.96. The molecule has 0 radical (unpaired) electrons. The van der Waals surface area contributed by atoms with Gasteiger partial charge in [0.1, 0.15) is 9.39 Å². The molecule has 78 valence electrons. The lowest BCUT2D eigenvalue weighted by Gasteiger charge is -2.18. The smallest absolute Gasteiger partial charge is 0.266 e. The summed E-state index contributed by atoms with van der Waals surface area (Å²) in [5, 5.41) is 0. The zero-order valence-corrected chi connectivity index (χ0v) is 10.5. The fourth-order valence-electron chi connectivity index (χ4n) is 1.14. The van der Waals surface area contributed by atoms with Crippen LogP contribution in [0.15, 0.2) is 11.1 Å². The van der Waals surface area contributed by atoms with Crippen molar-refractivity contribution in [3.05, 3.63) is 20.3 Å². The normalized spacial score (nSPS) is 10.2. The highest BCUT2D eigenvalue weighted by Gasteiger charge is 2.08. The van der Waals surface area contributed by atoms with Crippen LogP contribution in [0.3, 0.4) is 0 Å². The third-order valence-electron chi connectivity index (χ3n) is 1.99. The highest BCUT2D eigenvalue weighted by Crippen LogP contribution is 2.13. The molecule has 1 aromatic rings. The van der Waals surface area contributed by atoms with Crippen LogP contribution in [0.5, 0.6) is 0 Å². The molecule has 5 heteroatoms. The molecule has 0 aliphatic heterocycles. The van der Waals surface area contributed by atoms with Crippen LogP contribution >= 0.6 is 22.6 Å². The number of H-pyrrole nitrogens is 1. The standard InChI is InChI=1S/C9H14IN3O/c1-3-4-5-13(2)8-7(10)9(14)12-6-11-8/h6H,3-5H2,1-2H3,(H,11,12,14). The topological polar surface area (TPSA) is 49.0 Å². The maximum absolute atomic E-state index is 11.3. The van der Waals surface area contributed by atoms with Gasteiger partial charge in [-0.3, -0.25) is 4.79 Å². The van der Waals surface area contributed by atoms with Crippen molar-refractivity contribution in [2.75, 3.05) is 18.5 Å². The lowest BCUT2D eigenvalue weighted by atomic mass is 10.3. The van der Waals surface area contributed by atoms with Crippen LogP contribution in [0, 0.1) is 3.57 Å². The molecule has 0 unspecified atom stereocenters. The molecule has 14 heavy (non-hydrogen) atoms. The van der Waals surface area contributed by atoms with Crippen LogP contribution in [-0.2, 0) is 0 Å². The number of rotatable bonds is 4. The lowest BCUT2D eigenvalue weighted by Crippen LogP contribution is -2.24. The maximum atomic E-state index is 11.3. The number of nitrogens with one attached hydrogen (secondary N) is 1.